The van der Waals surface area contributed by atoms with Gasteiger partial charge in [0, 0.05) is 12.7 Å². The SMILES string of the molecule is CCCn1ccc(C)c(C#N)c1=O. The highest BCUT2D eigenvalue weighted by Crippen LogP contribution is 1.99. The molecule has 1 aromatic heterocycles. The fraction of sp³-hybridized carbons (Fsp3) is 0.400. The molecule has 0 unspecified atom stereocenters. The number of nitriles is 1. The average Bonchev–Trinajstić information content (AvgIpc) is 2.11. The number of aryl methyl sites for hydroxylation is 2. The Kier molecular flexibility index (Phi) is 2.86. The van der Waals surface area contributed by atoms with Gasteiger partial charge in [-0.15, -0.1) is 0 Å². The number of rotatable bonds is 2. The summed E-state index contributed by atoms with van der Waals surface area (Å²) in [5.74, 6) is 0. The molecule has 0 aliphatic carbocycles. The van der Waals surface area contributed by atoms with Crippen molar-refractivity contribution in [3.05, 3.63) is 33.7 Å². The molecule has 3 heteroatoms. The average molecular weight is 176 g/mol. The second-order valence-corrected chi connectivity index (χ2v) is 2.98. The van der Waals surface area contributed by atoms with Gasteiger partial charge >= 0.3 is 0 Å². The molecule has 0 bridgehead atoms. The zero-order valence-electron chi connectivity index (χ0n) is 7.87. The monoisotopic (exact) mass is 176 g/mol. The van der Waals surface area contributed by atoms with Gasteiger partial charge in [-0.1, -0.05) is 6.92 Å². The molecule has 0 N–H and O–H groups in total. The maximum Gasteiger partial charge on any atom is 0.268 e. The van der Waals surface area contributed by atoms with Crippen LogP contribution in [0.25, 0.3) is 0 Å². The maximum atomic E-state index is 11.6. The van der Waals surface area contributed by atoms with Crippen molar-refractivity contribution >= 4 is 0 Å². The Labute approximate surface area is 77.2 Å². The van der Waals surface area contributed by atoms with Gasteiger partial charge in [0.25, 0.3) is 5.56 Å². The molecule has 0 amide bonds. The fourth-order valence-corrected chi connectivity index (χ4v) is 1.22. The van der Waals surface area contributed by atoms with Crippen molar-refractivity contribution in [3.63, 3.8) is 0 Å². The van der Waals surface area contributed by atoms with Crippen LogP contribution >= 0.6 is 0 Å². The minimum Gasteiger partial charge on any atom is -0.314 e. The van der Waals surface area contributed by atoms with E-state index in [1.165, 1.54) is 0 Å². The van der Waals surface area contributed by atoms with Crippen molar-refractivity contribution in [2.75, 3.05) is 0 Å². The Hall–Kier alpha value is -1.56. The van der Waals surface area contributed by atoms with Crippen molar-refractivity contribution < 1.29 is 0 Å². The van der Waals surface area contributed by atoms with E-state index in [2.05, 4.69) is 0 Å². The first kappa shape index (κ1) is 9.53. The summed E-state index contributed by atoms with van der Waals surface area (Å²) in [5.41, 5.74) is 0.833. The van der Waals surface area contributed by atoms with Gasteiger partial charge in [0.2, 0.25) is 0 Å². The van der Waals surface area contributed by atoms with Crippen LogP contribution in [0, 0.1) is 18.3 Å². The van der Waals surface area contributed by atoms with E-state index in [4.69, 9.17) is 5.26 Å². The number of hydrogen-bond acceptors (Lipinski definition) is 2. The number of hydrogen-bond donors (Lipinski definition) is 0. The summed E-state index contributed by atoms with van der Waals surface area (Å²) in [4.78, 5) is 11.6. The smallest absolute Gasteiger partial charge is 0.268 e. The summed E-state index contributed by atoms with van der Waals surface area (Å²) < 4.78 is 1.57. The maximum absolute atomic E-state index is 11.6. The zero-order chi connectivity index (χ0) is 9.84. The quantitative estimate of drug-likeness (QED) is 0.684. The summed E-state index contributed by atoms with van der Waals surface area (Å²) in [6.45, 7) is 4.45. The molecule has 0 radical (unpaired) electrons. The van der Waals surface area contributed by atoms with Crippen LogP contribution in [0.2, 0.25) is 0 Å². The van der Waals surface area contributed by atoms with Crippen LogP contribution in [-0.4, -0.2) is 4.57 Å². The molecule has 0 spiro atoms. The lowest BCUT2D eigenvalue weighted by atomic mass is 10.2. The topological polar surface area (TPSA) is 45.8 Å². The molecular weight excluding hydrogens is 164 g/mol. The molecule has 0 aromatic carbocycles. The lowest BCUT2D eigenvalue weighted by Gasteiger charge is -2.04. The molecule has 0 aliphatic heterocycles. The van der Waals surface area contributed by atoms with E-state index in [0.717, 1.165) is 12.0 Å². The highest BCUT2D eigenvalue weighted by molar-refractivity contribution is 5.33. The molecule has 0 saturated carbocycles. The standard InChI is InChI=1S/C10H12N2O/c1-3-5-12-6-4-8(2)9(7-11)10(12)13/h4,6H,3,5H2,1-2H3. The van der Waals surface area contributed by atoms with E-state index >= 15 is 0 Å². The van der Waals surface area contributed by atoms with Crippen molar-refractivity contribution in [2.24, 2.45) is 0 Å². The van der Waals surface area contributed by atoms with Crippen LogP contribution in [-0.2, 0) is 6.54 Å². The van der Waals surface area contributed by atoms with Crippen molar-refractivity contribution in [1.29, 1.82) is 5.26 Å². The van der Waals surface area contributed by atoms with Gasteiger partial charge in [-0.05, 0) is 25.0 Å². The lowest BCUT2D eigenvalue weighted by Crippen LogP contribution is -2.22. The first-order chi connectivity index (χ1) is 6.20. The lowest BCUT2D eigenvalue weighted by molar-refractivity contribution is 0.651. The third kappa shape index (κ3) is 1.78. The first-order valence-corrected chi connectivity index (χ1v) is 4.30. The van der Waals surface area contributed by atoms with Gasteiger partial charge in [0.05, 0.1) is 0 Å². The molecule has 0 atom stereocenters. The van der Waals surface area contributed by atoms with E-state index < -0.39 is 0 Å². The van der Waals surface area contributed by atoms with Gasteiger partial charge in [0.15, 0.2) is 0 Å². The summed E-state index contributed by atoms with van der Waals surface area (Å²) in [6.07, 6.45) is 2.63. The van der Waals surface area contributed by atoms with Crippen molar-refractivity contribution in [1.82, 2.24) is 4.57 Å². The molecule has 0 aliphatic rings. The molecule has 13 heavy (non-hydrogen) atoms. The summed E-state index contributed by atoms with van der Waals surface area (Å²) in [7, 11) is 0. The Morgan fingerprint density at radius 2 is 2.31 bits per heavy atom. The van der Waals surface area contributed by atoms with Gasteiger partial charge < -0.3 is 4.57 Å². The van der Waals surface area contributed by atoms with Crippen molar-refractivity contribution in [2.45, 2.75) is 26.8 Å². The molecule has 0 saturated heterocycles. The van der Waals surface area contributed by atoms with Crippen molar-refractivity contribution in [3.8, 4) is 6.07 Å². The van der Waals surface area contributed by atoms with Crippen LogP contribution in [0.1, 0.15) is 24.5 Å². The minimum atomic E-state index is -0.177. The molecule has 68 valence electrons. The van der Waals surface area contributed by atoms with E-state index in [1.807, 2.05) is 13.0 Å². The van der Waals surface area contributed by atoms with Crippen LogP contribution in [0.5, 0.6) is 0 Å². The van der Waals surface area contributed by atoms with Crippen LogP contribution in [0.3, 0.4) is 0 Å². The summed E-state index contributed by atoms with van der Waals surface area (Å²) in [5, 5.41) is 8.73. The van der Waals surface area contributed by atoms with Crippen LogP contribution in [0.4, 0.5) is 0 Å². The second-order valence-electron chi connectivity index (χ2n) is 2.98. The van der Waals surface area contributed by atoms with Gasteiger partial charge in [0.1, 0.15) is 11.6 Å². The summed E-state index contributed by atoms with van der Waals surface area (Å²) >= 11 is 0. The molecule has 1 aromatic rings. The number of pyridine rings is 1. The Morgan fingerprint density at radius 1 is 1.62 bits per heavy atom. The third-order valence-corrected chi connectivity index (χ3v) is 1.95. The number of nitrogens with zero attached hydrogens (tertiary/aromatic N) is 2. The minimum absolute atomic E-state index is 0.177. The Morgan fingerprint density at radius 3 is 2.85 bits per heavy atom. The Bertz CT molecular complexity index is 398. The normalized spacial score (nSPS) is 9.62. The van der Waals surface area contributed by atoms with E-state index in [1.54, 1.807) is 23.8 Å². The van der Waals surface area contributed by atoms with Gasteiger partial charge in [-0.2, -0.15) is 5.26 Å². The highest BCUT2D eigenvalue weighted by atomic mass is 16.1. The predicted octanol–water partition coefficient (Wildman–Crippen LogP) is 1.44. The second kappa shape index (κ2) is 3.90. The van der Waals surface area contributed by atoms with Crippen LogP contribution in [0.15, 0.2) is 17.1 Å². The molecule has 1 heterocycles. The van der Waals surface area contributed by atoms with E-state index in [0.29, 0.717) is 6.54 Å². The zero-order valence-corrected chi connectivity index (χ0v) is 7.87. The van der Waals surface area contributed by atoms with Gasteiger partial charge in [-0.25, -0.2) is 0 Å². The summed E-state index contributed by atoms with van der Waals surface area (Å²) in [6, 6.07) is 3.73. The molecular formula is C10H12N2O. The first-order valence-electron chi connectivity index (χ1n) is 4.30. The predicted molar refractivity (Wildman–Crippen MR) is 50.4 cm³/mol. The van der Waals surface area contributed by atoms with Crippen LogP contribution < -0.4 is 5.56 Å². The molecule has 0 fully saturated rings. The largest absolute Gasteiger partial charge is 0.314 e. The molecule has 1 rings (SSSR count). The molecule has 3 nitrogen and oxygen atoms in total. The number of aromatic nitrogens is 1. The fourth-order valence-electron chi connectivity index (χ4n) is 1.22. The van der Waals surface area contributed by atoms with E-state index in [-0.39, 0.29) is 11.1 Å². The Balaban J connectivity index is 3.30. The van der Waals surface area contributed by atoms with E-state index in [9.17, 15) is 4.79 Å². The van der Waals surface area contributed by atoms with Gasteiger partial charge in [-0.3, -0.25) is 4.79 Å². The highest BCUT2D eigenvalue weighted by Gasteiger charge is 2.04. The third-order valence-electron chi connectivity index (χ3n) is 1.95.